The molecule has 2 aromatic carbocycles. The number of ether oxygens (including phenoxy) is 1. The van der Waals surface area contributed by atoms with Crippen LogP contribution in [-0.4, -0.2) is 23.1 Å². The molecule has 164 valence electrons. The van der Waals surface area contributed by atoms with Crippen LogP contribution in [-0.2, 0) is 6.54 Å². The average Bonchev–Trinajstić information content (AvgIpc) is 3.32. The quantitative estimate of drug-likeness (QED) is 0.387. The van der Waals surface area contributed by atoms with Crippen LogP contribution in [0.25, 0.3) is 0 Å². The molecule has 1 N–H and O–H groups in total. The summed E-state index contributed by atoms with van der Waals surface area (Å²) in [4.78, 5) is 3.85. The van der Waals surface area contributed by atoms with Crippen molar-refractivity contribution in [3.05, 3.63) is 82.0 Å². The number of aromatic hydroxyl groups is 1. The van der Waals surface area contributed by atoms with Crippen molar-refractivity contribution in [2.75, 3.05) is 13.1 Å². The zero-order chi connectivity index (χ0) is 21.5. The minimum atomic E-state index is 0.147. The summed E-state index contributed by atoms with van der Waals surface area (Å²) in [7, 11) is 0. The lowest BCUT2D eigenvalue weighted by Gasteiger charge is -2.32. The largest absolute Gasteiger partial charge is 0.508 e. The molecule has 3 nitrogen and oxygen atoms in total. The molecule has 4 rings (SSSR count). The third-order valence-electron chi connectivity index (χ3n) is 6.19. The van der Waals surface area contributed by atoms with E-state index in [1.54, 1.807) is 17.4 Å². The van der Waals surface area contributed by atoms with Gasteiger partial charge >= 0.3 is 0 Å². The third kappa shape index (κ3) is 6.11. The molecule has 1 aromatic heterocycles. The molecule has 1 aliphatic heterocycles. The van der Waals surface area contributed by atoms with E-state index in [0.29, 0.717) is 11.7 Å². The van der Waals surface area contributed by atoms with Gasteiger partial charge in [-0.1, -0.05) is 43.7 Å². The topological polar surface area (TPSA) is 32.7 Å². The standard InChI is InChI=1S/C27H33NO2S/c1-2-3-11-26(27-12-6-17-31-27)30-25-10-4-7-21(18-25)20-28-15-13-22(14-16-28)23-8-5-9-24(29)19-23/h4-10,12,17-19,22,26,29H,2-3,11,13-16,20H2,1H3. The summed E-state index contributed by atoms with van der Waals surface area (Å²) in [6.45, 7) is 5.36. The van der Waals surface area contributed by atoms with Crippen LogP contribution in [0, 0.1) is 0 Å². The van der Waals surface area contributed by atoms with Crippen LogP contribution in [0.4, 0.5) is 0 Å². The fourth-order valence-corrected chi connectivity index (χ4v) is 5.26. The first-order chi connectivity index (χ1) is 15.2. The minimum absolute atomic E-state index is 0.147. The van der Waals surface area contributed by atoms with Crippen molar-refractivity contribution in [1.29, 1.82) is 0 Å². The summed E-state index contributed by atoms with van der Waals surface area (Å²) in [5, 5.41) is 11.9. The molecule has 1 fully saturated rings. The number of rotatable bonds is 9. The highest BCUT2D eigenvalue weighted by Gasteiger charge is 2.21. The van der Waals surface area contributed by atoms with Crippen molar-refractivity contribution >= 4 is 11.3 Å². The van der Waals surface area contributed by atoms with Gasteiger partial charge in [0.1, 0.15) is 17.6 Å². The molecule has 2 heterocycles. The van der Waals surface area contributed by atoms with E-state index < -0.39 is 0 Å². The summed E-state index contributed by atoms with van der Waals surface area (Å²) in [6, 6.07) is 20.7. The van der Waals surface area contributed by atoms with Crippen molar-refractivity contribution in [1.82, 2.24) is 4.90 Å². The number of benzene rings is 2. The molecular formula is C27H33NO2S. The Bertz CT molecular complexity index is 932. The van der Waals surface area contributed by atoms with E-state index in [1.807, 2.05) is 12.1 Å². The van der Waals surface area contributed by atoms with Gasteiger partial charge in [-0.05, 0) is 91.5 Å². The number of piperidine rings is 1. The Morgan fingerprint density at radius 3 is 2.65 bits per heavy atom. The summed E-state index contributed by atoms with van der Waals surface area (Å²) in [5.74, 6) is 1.89. The summed E-state index contributed by atoms with van der Waals surface area (Å²) in [6.07, 6.45) is 5.84. The summed E-state index contributed by atoms with van der Waals surface area (Å²) < 4.78 is 6.45. The van der Waals surface area contributed by atoms with Crippen molar-refractivity contribution < 1.29 is 9.84 Å². The van der Waals surface area contributed by atoms with E-state index in [0.717, 1.165) is 44.6 Å². The normalized spacial score (nSPS) is 16.3. The third-order valence-corrected chi connectivity index (χ3v) is 7.16. The molecule has 0 aliphatic carbocycles. The lowest BCUT2D eigenvalue weighted by atomic mass is 9.89. The van der Waals surface area contributed by atoms with Crippen LogP contribution in [0.5, 0.6) is 11.5 Å². The van der Waals surface area contributed by atoms with Gasteiger partial charge in [-0.3, -0.25) is 4.90 Å². The Kier molecular flexibility index (Phi) is 7.66. The first-order valence-corrected chi connectivity index (χ1v) is 12.4. The highest BCUT2D eigenvalue weighted by molar-refractivity contribution is 7.10. The van der Waals surface area contributed by atoms with Crippen LogP contribution in [0.3, 0.4) is 0 Å². The monoisotopic (exact) mass is 435 g/mol. The minimum Gasteiger partial charge on any atom is -0.508 e. The van der Waals surface area contributed by atoms with E-state index >= 15 is 0 Å². The molecule has 1 aliphatic rings. The second-order valence-corrected chi connectivity index (χ2v) is 9.54. The fraction of sp³-hybridized carbons (Fsp3) is 0.407. The van der Waals surface area contributed by atoms with Gasteiger partial charge < -0.3 is 9.84 Å². The molecule has 3 aromatic rings. The van der Waals surface area contributed by atoms with Gasteiger partial charge in [0.15, 0.2) is 0 Å². The number of phenols is 1. The maximum absolute atomic E-state index is 9.77. The van der Waals surface area contributed by atoms with Crippen molar-refractivity contribution in [3.8, 4) is 11.5 Å². The highest BCUT2D eigenvalue weighted by atomic mass is 32.1. The molecule has 1 saturated heterocycles. The molecule has 1 unspecified atom stereocenters. The summed E-state index contributed by atoms with van der Waals surface area (Å²) in [5.41, 5.74) is 2.58. The van der Waals surface area contributed by atoms with Gasteiger partial charge in [0.2, 0.25) is 0 Å². The number of thiophene rings is 1. The van der Waals surface area contributed by atoms with Gasteiger partial charge in [0.05, 0.1) is 0 Å². The molecular weight excluding hydrogens is 402 g/mol. The van der Waals surface area contributed by atoms with Crippen molar-refractivity contribution in [2.24, 2.45) is 0 Å². The number of hydrogen-bond acceptors (Lipinski definition) is 4. The van der Waals surface area contributed by atoms with E-state index in [9.17, 15) is 5.11 Å². The lowest BCUT2D eigenvalue weighted by Crippen LogP contribution is -2.32. The van der Waals surface area contributed by atoms with Crippen LogP contribution >= 0.6 is 11.3 Å². The molecule has 0 radical (unpaired) electrons. The molecule has 4 heteroatoms. The van der Waals surface area contributed by atoms with E-state index in [4.69, 9.17) is 4.74 Å². The number of likely N-dealkylation sites (tertiary alicyclic amines) is 1. The zero-order valence-electron chi connectivity index (χ0n) is 18.4. The smallest absolute Gasteiger partial charge is 0.133 e. The van der Waals surface area contributed by atoms with Crippen LogP contribution in [0.1, 0.15) is 67.1 Å². The van der Waals surface area contributed by atoms with E-state index in [-0.39, 0.29) is 6.10 Å². The number of nitrogens with zero attached hydrogens (tertiary/aromatic N) is 1. The number of hydrogen-bond donors (Lipinski definition) is 1. The number of phenolic OH excluding ortho intramolecular Hbond substituents is 1. The fourth-order valence-electron chi connectivity index (χ4n) is 4.47. The molecule has 0 saturated carbocycles. The molecule has 31 heavy (non-hydrogen) atoms. The Labute approximate surface area is 190 Å². The maximum atomic E-state index is 9.77. The Hall–Kier alpha value is -2.30. The maximum Gasteiger partial charge on any atom is 0.133 e. The molecule has 0 amide bonds. The van der Waals surface area contributed by atoms with Gasteiger partial charge in [-0.15, -0.1) is 11.3 Å². The zero-order valence-corrected chi connectivity index (χ0v) is 19.2. The SMILES string of the molecule is CCCCC(Oc1cccc(CN2CCC(c3cccc(O)c3)CC2)c1)c1cccs1. The van der Waals surface area contributed by atoms with Crippen molar-refractivity contribution in [3.63, 3.8) is 0 Å². The lowest BCUT2D eigenvalue weighted by molar-refractivity contribution is 0.192. The van der Waals surface area contributed by atoms with E-state index in [1.165, 1.54) is 28.8 Å². The molecule has 0 bridgehead atoms. The Morgan fingerprint density at radius 1 is 1.06 bits per heavy atom. The summed E-state index contributed by atoms with van der Waals surface area (Å²) >= 11 is 1.78. The second kappa shape index (κ2) is 10.8. The first kappa shape index (κ1) is 21.9. The van der Waals surface area contributed by atoms with Gasteiger partial charge in [-0.25, -0.2) is 0 Å². The van der Waals surface area contributed by atoms with Crippen LogP contribution < -0.4 is 4.74 Å². The number of unbranched alkanes of at least 4 members (excludes halogenated alkanes) is 1. The Morgan fingerprint density at radius 2 is 1.90 bits per heavy atom. The van der Waals surface area contributed by atoms with Crippen molar-refractivity contribution in [2.45, 2.75) is 57.6 Å². The van der Waals surface area contributed by atoms with Gasteiger partial charge in [0, 0.05) is 11.4 Å². The van der Waals surface area contributed by atoms with Gasteiger partial charge in [0.25, 0.3) is 0 Å². The molecule has 0 spiro atoms. The second-order valence-electron chi connectivity index (χ2n) is 8.56. The van der Waals surface area contributed by atoms with E-state index in [2.05, 4.69) is 59.7 Å². The van der Waals surface area contributed by atoms with Crippen LogP contribution in [0.2, 0.25) is 0 Å². The average molecular weight is 436 g/mol. The first-order valence-electron chi connectivity index (χ1n) is 11.5. The van der Waals surface area contributed by atoms with Gasteiger partial charge in [-0.2, -0.15) is 0 Å². The predicted octanol–water partition coefficient (Wildman–Crippen LogP) is 7.14. The predicted molar refractivity (Wildman–Crippen MR) is 129 cm³/mol. The van der Waals surface area contributed by atoms with Crippen LogP contribution in [0.15, 0.2) is 66.0 Å². The Balaban J connectivity index is 1.34. The highest BCUT2D eigenvalue weighted by Crippen LogP contribution is 2.32. The molecule has 1 atom stereocenters.